The molecule has 3 aromatic rings. The second kappa shape index (κ2) is 3.87. The lowest BCUT2D eigenvalue weighted by atomic mass is 10.0. The first kappa shape index (κ1) is 9.78. The Kier molecular flexibility index (Phi) is 2.22. The highest BCUT2D eigenvalue weighted by Gasteiger charge is 2.04. The van der Waals surface area contributed by atoms with Crippen LogP contribution in [0.4, 0.5) is 0 Å². The number of pyridine rings is 2. The molecule has 0 fully saturated rings. The molecule has 2 heterocycles. The minimum atomic E-state index is 0.261. The molecule has 1 N–H and O–H groups in total. The Bertz CT molecular complexity index is 674. The van der Waals surface area contributed by atoms with Crippen molar-refractivity contribution in [3.63, 3.8) is 0 Å². The van der Waals surface area contributed by atoms with Gasteiger partial charge >= 0.3 is 0 Å². The van der Waals surface area contributed by atoms with E-state index in [1.165, 1.54) is 0 Å². The van der Waals surface area contributed by atoms with Gasteiger partial charge in [-0.3, -0.25) is 0 Å². The minimum absolute atomic E-state index is 0.261. The molecule has 2 aromatic heterocycles. The smallest absolute Gasteiger partial charge is 0.159 e. The van der Waals surface area contributed by atoms with Gasteiger partial charge in [0.1, 0.15) is 5.75 Å². The predicted octanol–water partition coefficient (Wildman–Crippen LogP) is 3.00. The number of benzene rings is 1. The first-order valence-electron chi connectivity index (χ1n) is 5.34. The Balaban J connectivity index is 2.30. The Morgan fingerprint density at radius 1 is 0.882 bits per heavy atom. The fourth-order valence-electron chi connectivity index (χ4n) is 1.91. The summed E-state index contributed by atoms with van der Waals surface area (Å²) in [5, 5.41) is 10.5. The van der Waals surface area contributed by atoms with Crippen molar-refractivity contribution in [2.45, 2.75) is 0 Å². The molecule has 1 aromatic carbocycles. The summed E-state index contributed by atoms with van der Waals surface area (Å²) < 4.78 is 0. The second-order valence-electron chi connectivity index (χ2n) is 3.78. The van der Waals surface area contributed by atoms with E-state index in [1.54, 1.807) is 24.5 Å². The van der Waals surface area contributed by atoms with Crippen molar-refractivity contribution in [1.29, 1.82) is 0 Å². The molecule has 82 valence electrons. The van der Waals surface area contributed by atoms with E-state index in [9.17, 15) is 5.11 Å². The quantitative estimate of drug-likeness (QED) is 0.688. The fourth-order valence-corrected chi connectivity index (χ4v) is 1.91. The van der Waals surface area contributed by atoms with Crippen LogP contribution in [0.1, 0.15) is 0 Å². The van der Waals surface area contributed by atoms with Crippen LogP contribution in [0.15, 0.2) is 54.9 Å². The SMILES string of the molecule is Oc1cccc(-c2ccnc3ncccc23)c1. The van der Waals surface area contributed by atoms with Gasteiger partial charge in [0.25, 0.3) is 0 Å². The average Bonchev–Trinajstić information content (AvgIpc) is 2.38. The summed E-state index contributed by atoms with van der Waals surface area (Å²) in [5.74, 6) is 0.261. The van der Waals surface area contributed by atoms with E-state index in [1.807, 2.05) is 30.3 Å². The number of rotatable bonds is 1. The van der Waals surface area contributed by atoms with E-state index in [0.29, 0.717) is 5.65 Å². The van der Waals surface area contributed by atoms with Crippen LogP contribution in [0.3, 0.4) is 0 Å². The van der Waals surface area contributed by atoms with Crippen LogP contribution in [0, 0.1) is 0 Å². The highest BCUT2D eigenvalue weighted by molar-refractivity contribution is 5.92. The predicted molar refractivity (Wildman–Crippen MR) is 66.6 cm³/mol. The third-order valence-electron chi connectivity index (χ3n) is 2.67. The molecule has 3 heteroatoms. The first-order valence-corrected chi connectivity index (χ1v) is 5.34. The monoisotopic (exact) mass is 222 g/mol. The Morgan fingerprint density at radius 3 is 2.65 bits per heavy atom. The van der Waals surface area contributed by atoms with Gasteiger partial charge in [-0.05, 0) is 41.5 Å². The Hall–Kier alpha value is -2.42. The first-order chi connectivity index (χ1) is 8.34. The molecule has 17 heavy (non-hydrogen) atoms. The van der Waals surface area contributed by atoms with Crippen molar-refractivity contribution in [2.75, 3.05) is 0 Å². The molecule has 0 bridgehead atoms. The average molecular weight is 222 g/mol. The summed E-state index contributed by atoms with van der Waals surface area (Å²) >= 11 is 0. The van der Waals surface area contributed by atoms with Crippen molar-refractivity contribution in [2.24, 2.45) is 0 Å². The number of phenols is 1. The van der Waals surface area contributed by atoms with Gasteiger partial charge in [-0.15, -0.1) is 0 Å². The molecule has 0 aliphatic rings. The molecule has 0 saturated carbocycles. The highest BCUT2D eigenvalue weighted by atomic mass is 16.3. The van der Waals surface area contributed by atoms with Crippen LogP contribution >= 0.6 is 0 Å². The third kappa shape index (κ3) is 1.72. The zero-order valence-corrected chi connectivity index (χ0v) is 9.04. The summed E-state index contributed by atoms with van der Waals surface area (Å²) in [7, 11) is 0. The molecule has 0 amide bonds. The third-order valence-corrected chi connectivity index (χ3v) is 2.67. The molecule has 3 nitrogen and oxygen atoms in total. The zero-order valence-electron chi connectivity index (χ0n) is 9.04. The lowest BCUT2D eigenvalue weighted by Gasteiger charge is -2.05. The van der Waals surface area contributed by atoms with E-state index in [0.717, 1.165) is 16.5 Å². The van der Waals surface area contributed by atoms with Crippen LogP contribution in [0.5, 0.6) is 5.75 Å². The van der Waals surface area contributed by atoms with Gasteiger partial charge in [0.2, 0.25) is 0 Å². The number of phenolic OH excluding ortho intramolecular Hbond substituents is 1. The van der Waals surface area contributed by atoms with Crippen molar-refractivity contribution in [3.8, 4) is 16.9 Å². The molecule has 0 unspecified atom stereocenters. The summed E-state index contributed by atoms with van der Waals surface area (Å²) in [4.78, 5) is 8.43. The maximum atomic E-state index is 9.52. The normalized spacial score (nSPS) is 10.6. The van der Waals surface area contributed by atoms with Gasteiger partial charge in [0.05, 0.1) is 0 Å². The molecule has 0 aliphatic carbocycles. The Morgan fingerprint density at radius 2 is 1.76 bits per heavy atom. The van der Waals surface area contributed by atoms with E-state index < -0.39 is 0 Å². The summed E-state index contributed by atoms with van der Waals surface area (Å²) in [6.45, 7) is 0. The standard InChI is InChI=1S/C14H10N2O/c17-11-4-1-3-10(9-11)12-6-8-16-14-13(12)5-2-7-15-14/h1-9,17H. The number of hydrogen-bond acceptors (Lipinski definition) is 3. The van der Waals surface area contributed by atoms with Crippen molar-refractivity contribution in [1.82, 2.24) is 9.97 Å². The zero-order chi connectivity index (χ0) is 11.7. The van der Waals surface area contributed by atoms with E-state index in [2.05, 4.69) is 9.97 Å². The van der Waals surface area contributed by atoms with E-state index in [-0.39, 0.29) is 5.75 Å². The number of fused-ring (bicyclic) bond motifs is 1. The van der Waals surface area contributed by atoms with Crippen LogP contribution in [-0.2, 0) is 0 Å². The van der Waals surface area contributed by atoms with Gasteiger partial charge in [-0.25, -0.2) is 9.97 Å². The maximum Gasteiger partial charge on any atom is 0.159 e. The molecular weight excluding hydrogens is 212 g/mol. The highest BCUT2D eigenvalue weighted by Crippen LogP contribution is 2.28. The molecule has 0 radical (unpaired) electrons. The number of nitrogens with zero attached hydrogens (tertiary/aromatic N) is 2. The molecular formula is C14H10N2O. The van der Waals surface area contributed by atoms with E-state index in [4.69, 9.17) is 0 Å². The lowest BCUT2D eigenvalue weighted by Crippen LogP contribution is -1.86. The van der Waals surface area contributed by atoms with Crippen LogP contribution in [0.25, 0.3) is 22.2 Å². The van der Waals surface area contributed by atoms with Crippen LogP contribution in [-0.4, -0.2) is 15.1 Å². The van der Waals surface area contributed by atoms with Gasteiger partial charge in [-0.2, -0.15) is 0 Å². The van der Waals surface area contributed by atoms with Crippen LogP contribution in [0.2, 0.25) is 0 Å². The molecule has 0 atom stereocenters. The largest absolute Gasteiger partial charge is 0.508 e. The number of aromatic hydroxyl groups is 1. The van der Waals surface area contributed by atoms with Gasteiger partial charge < -0.3 is 5.11 Å². The van der Waals surface area contributed by atoms with Crippen molar-refractivity contribution in [3.05, 3.63) is 54.9 Å². The molecule has 0 spiro atoms. The topological polar surface area (TPSA) is 46.0 Å². The van der Waals surface area contributed by atoms with Gasteiger partial charge in [0, 0.05) is 17.8 Å². The van der Waals surface area contributed by atoms with Gasteiger partial charge in [0.15, 0.2) is 5.65 Å². The molecule has 0 aliphatic heterocycles. The lowest BCUT2D eigenvalue weighted by molar-refractivity contribution is 0.475. The maximum absolute atomic E-state index is 9.52. The summed E-state index contributed by atoms with van der Waals surface area (Å²) in [6.07, 6.45) is 3.45. The minimum Gasteiger partial charge on any atom is -0.508 e. The second-order valence-corrected chi connectivity index (χ2v) is 3.78. The summed E-state index contributed by atoms with van der Waals surface area (Å²) in [5.41, 5.74) is 2.71. The fraction of sp³-hybridized carbons (Fsp3) is 0. The van der Waals surface area contributed by atoms with Crippen molar-refractivity contribution < 1.29 is 5.11 Å². The van der Waals surface area contributed by atoms with Gasteiger partial charge in [-0.1, -0.05) is 12.1 Å². The summed E-state index contributed by atoms with van der Waals surface area (Å²) in [6, 6.07) is 13.0. The molecule has 3 rings (SSSR count). The van der Waals surface area contributed by atoms with Crippen LogP contribution < -0.4 is 0 Å². The van der Waals surface area contributed by atoms with E-state index >= 15 is 0 Å². The number of aromatic nitrogens is 2. The van der Waals surface area contributed by atoms with Crippen molar-refractivity contribution >= 4 is 11.0 Å². The Labute approximate surface area is 98.4 Å². The molecule has 0 saturated heterocycles. The number of hydrogen-bond donors (Lipinski definition) is 1.